The zero-order valence-corrected chi connectivity index (χ0v) is 13.1. The molecule has 2 rings (SSSR count). The molecule has 1 unspecified atom stereocenters. The van der Waals surface area contributed by atoms with E-state index in [1.54, 1.807) is 0 Å². The Morgan fingerprint density at radius 2 is 1.85 bits per heavy atom. The molecule has 3 heteroatoms. The van der Waals surface area contributed by atoms with Crippen molar-refractivity contribution in [2.24, 2.45) is 0 Å². The van der Waals surface area contributed by atoms with Crippen LogP contribution in [0.15, 0.2) is 24.3 Å². The number of benzene rings is 1. The molecule has 0 spiro atoms. The van der Waals surface area contributed by atoms with Gasteiger partial charge in [0, 0.05) is 12.1 Å². The summed E-state index contributed by atoms with van der Waals surface area (Å²) in [7, 11) is 0. The van der Waals surface area contributed by atoms with Gasteiger partial charge in [-0.1, -0.05) is 19.1 Å². The van der Waals surface area contributed by atoms with Crippen molar-refractivity contribution < 1.29 is 4.74 Å². The molecule has 0 radical (unpaired) electrons. The van der Waals surface area contributed by atoms with Gasteiger partial charge in [-0.15, -0.1) is 0 Å². The van der Waals surface area contributed by atoms with Crippen molar-refractivity contribution in [1.29, 1.82) is 0 Å². The van der Waals surface area contributed by atoms with E-state index < -0.39 is 0 Å². The zero-order chi connectivity index (χ0) is 14.4. The number of ether oxygens (including phenoxy) is 1. The highest BCUT2D eigenvalue weighted by molar-refractivity contribution is 5.29. The van der Waals surface area contributed by atoms with E-state index in [1.165, 1.54) is 38.0 Å². The lowest BCUT2D eigenvalue weighted by Gasteiger charge is -2.33. The SMILES string of the molecule is CCOc1ccc(C(C)NC2CCN(CC)CC2)cc1. The summed E-state index contributed by atoms with van der Waals surface area (Å²) in [5.74, 6) is 0.958. The van der Waals surface area contributed by atoms with Gasteiger partial charge in [0.05, 0.1) is 6.61 Å². The van der Waals surface area contributed by atoms with Crippen molar-refractivity contribution >= 4 is 0 Å². The lowest BCUT2D eigenvalue weighted by Crippen LogP contribution is -2.43. The van der Waals surface area contributed by atoms with Crippen LogP contribution >= 0.6 is 0 Å². The van der Waals surface area contributed by atoms with Crippen molar-refractivity contribution in [1.82, 2.24) is 10.2 Å². The standard InChI is InChI=1S/C17H28N2O/c1-4-19-12-10-16(11-13-19)18-14(3)15-6-8-17(9-7-15)20-5-2/h6-9,14,16,18H,4-5,10-13H2,1-3H3. The van der Waals surface area contributed by atoms with E-state index in [0.717, 1.165) is 12.4 Å². The Bertz CT molecular complexity index is 382. The molecule has 1 saturated heterocycles. The minimum Gasteiger partial charge on any atom is -0.494 e. The average Bonchev–Trinajstić information content (AvgIpc) is 2.49. The Labute approximate surface area is 123 Å². The second-order valence-corrected chi connectivity index (χ2v) is 5.60. The topological polar surface area (TPSA) is 24.5 Å². The van der Waals surface area contributed by atoms with Crippen LogP contribution in [0.1, 0.15) is 45.2 Å². The first-order valence-electron chi connectivity index (χ1n) is 7.94. The molecule has 112 valence electrons. The van der Waals surface area contributed by atoms with Gasteiger partial charge in [0.15, 0.2) is 0 Å². The van der Waals surface area contributed by atoms with Gasteiger partial charge in [0.25, 0.3) is 0 Å². The minimum absolute atomic E-state index is 0.406. The molecule has 1 heterocycles. The van der Waals surface area contributed by atoms with E-state index >= 15 is 0 Å². The highest BCUT2D eigenvalue weighted by Gasteiger charge is 2.19. The Kier molecular flexibility index (Phi) is 5.86. The van der Waals surface area contributed by atoms with Crippen LogP contribution < -0.4 is 10.1 Å². The van der Waals surface area contributed by atoms with E-state index in [2.05, 4.69) is 48.3 Å². The third-order valence-corrected chi connectivity index (χ3v) is 4.21. The second-order valence-electron chi connectivity index (χ2n) is 5.60. The van der Waals surface area contributed by atoms with Gasteiger partial charge in [-0.2, -0.15) is 0 Å². The molecule has 1 aliphatic heterocycles. The lowest BCUT2D eigenvalue weighted by atomic mass is 10.0. The van der Waals surface area contributed by atoms with Crippen LogP contribution in [0.4, 0.5) is 0 Å². The van der Waals surface area contributed by atoms with Crippen LogP contribution in [0.5, 0.6) is 5.75 Å². The fourth-order valence-electron chi connectivity index (χ4n) is 2.89. The maximum Gasteiger partial charge on any atom is 0.119 e. The molecule has 0 bridgehead atoms. The van der Waals surface area contributed by atoms with E-state index in [-0.39, 0.29) is 0 Å². The van der Waals surface area contributed by atoms with Crippen molar-refractivity contribution in [3.63, 3.8) is 0 Å². The van der Waals surface area contributed by atoms with E-state index in [1.807, 2.05) is 6.92 Å². The Balaban J connectivity index is 1.83. The number of piperidine rings is 1. The monoisotopic (exact) mass is 276 g/mol. The fraction of sp³-hybridized carbons (Fsp3) is 0.647. The molecule has 0 aliphatic carbocycles. The van der Waals surface area contributed by atoms with Crippen molar-refractivity contribution in [2.45, 2.75) is 45.7 Å². The molecule has 0 aromatic heterocycles. The summed E-state index contributed by atoms with van der Waals surface area (Å²) >= 11 is 0. The average molecular weight is 276 g/mol. The van der Waals surface area contributed by atoms with E-state index in [0.29, 0.717) is 12.1 Å². The van der Waals surface area contributed by atoms with Crippen LogP contribution in [0.3, 0.4) is 0 Å². The molecule has 20 heavy (non-hydrogen) atoms. The highest BCUT2D eigenvalue weighted by Crippen LogP contribution is 2.20. The number of hydrogen-bond acceptors (Lipinski definition) is 3. The molecular weight excluding hydrogens is 248 g/mol. The number of nitrogens with one attached hydrogen (secondary N) is 1. The quantitative estimate of drug-likeness (QED) is 0.863. The smallest absolute Gasteiger partial charge is 0.119 e. The molecule has 0 saturated carbocycles. The highest BCUT2D eigenvalue weighted by atomic mass is 16.5. The molecule has 1 atom stereocenters. The number of likely N-dealkylation sites (tertiary alicyclic amines) is 1. The van der Waals surface area contributed by atoms with Gasteiger partial charge in [0.2, 0.25) is 0 Å². The van der Waals surface area contributed by atoms with Crippen molar-refractivity contribution in [3.05, 3.63) is 29.8 Å². The summed E-state index contributed by atoms with van der Waals surface area (Å²) < 4.78 is 5.49. The first-order valence-corrected chi connectivity index (χ1v) is 7.94. The van der Waals surface area contributed by atoms with Gasteiger partial charge in [0.1, 0.15) is 5.75 Å². The number of hydrogen-bond donors (Lipinski definition) is 1. The molecular formula is C17H28N2O. The van der Waals surface area contributed by atoms with Crippen molar-refractivity contribution in [3.8, 4) is 5.75 Å². The fourth-order valence-corrected chi connectivity index (χ4v) is 2.89. The van der Waals surface area contributed by atoms with Gasteiger partial charge in [-0.05, 0) is 64.0 Å². The molecule has 3 nitrogen and oxygen atoms in total. The summed E-state index contributed by atoms with van der Waals surface area (Å²) in [4.78, 5) is 2.53. The van der Waals surface area contributed by atoms with Gasteiger partial charge in [-0.25, -0.2) is 0 Å². The molecule has 1 aliphatic rings. The summed E-state index contributed by atoms with van der Waals surface area (Å²) in [5.41, 5.74) is 1.34. The second kappa shape index (κ2) is 7.65. The Hall–Kier alpha value is -1.06. The van der Waals surface area contributed by atoms with Gasteiger partial charge >= 0.3 is 0 Å². The first kappa shape index (κ1) is 15.3. The number of nitrogens with zero attached hydrogens (tertiary/aromatic N) is 1. The van der Waals surface area contributed by atoms with E-state index in [4.69, 9.17) is 4.74 Å². The maximum absolute atomic E-state index is 5.49. The molecule has 1 aromatic rings. The van der Waals surface area contributed by atoms with Crippen molar-refractivity contribution in [2.75, 3.05) is 26.2 Å². The van der Waals surface area contributed by atoms with Crippen LogP contribution in [0.2, 0.25) is 0 Å². The first-order chi connectivity index (χ1) is 9.72. The summed E-state index contributed by atoms with van der Waals surface area (Å²) in [6, 6.07) is 9.53. The zero-order valence-electron chi connectivity index (χ0n) is 13.1. The van der Waals surface area contributed by atoms with E-state index in [9.17, 15) is 0 Å². The predicted molar refractivity (Wildman–Crippen MR) is 84.3 cm³/mol. The van der Waals surface area contributed by atoms with Crippen LogP contribution in [-0.4, -0.2) is 37.2 Å². The van der Waals surface area contributed by atoms with Crippen LogP contribution in [0, 0.1) is 0 Å². The van der Waals surface area contributed by atoms with Crippen LogP contribution in [-0.2, 0) is 0 Å². The van der Waals surface area contributed by atoms with Crippen LogP contribution in [0.25, 0.3) is 0 Å². The Morgan fingerprint density at radius 1 is 1.20 bits per heavy atom. The summed E-state index contributed by atoms with van der Waals surface area (Å²) in [5, 5.41) is 3.76. The normalized spacial score (nSPS) is 18.9. The third kappa shape index (κ3) is 4.22. The predicted octanol–water partition coefficient (Wildman–Crippen LogP) is 3.22. The molecule has 1 fully saturated rings. The minimum atomic E-state index is 0.406. The summed E-state index contributed by atoms with van der Waals surface area (Å²) in [6.07, 6.45) is 2.52. The third-order valence-electron chi connectivity index (χ3n) is 4.21. The van der Waals surface area contributed by atoms with Gasteiger partial charge < -0.3 is 15.0 Å². The largest absolute Gasteiger partial charge is 0.494 e. The number of rotatable bonds is 6. The Morgan fingerprint density at radius 3 is 2.40 bits per heavy atom. The van der Waals surface area contributed by atoms with Gasteiger partial charge in [-0.3, -0.25) is 0 Å². The lowest BCUT2D eigenvalue weighted by molar-refractivity contribution is 0.200. The molecule has 0 amide bonds. The maximum atomic E-state index is 5.49. The summed E-state index contributed by atoms with van der Waals surface area (Å²) in [6.45, 7) is 10.9. The molecule has 1 N–H and O–H groups in total. The molecule has 1 aromatic carbocycles.